The minimum Gasteiger partial charge on any atom is -0.342 e. The van der Waals surface area contributed by atoms with E-state index in [1.54, 1.807) is 6.33 Å². The van der Waals surface area contributed by atoms with Crippen molar-refractivity contribution in [2.24, 2.45) is 7.05 Å². The third-order valence-corrected chi connectivity index (χ3v) is 3.97. The monoisotopic (exact) mass is 290 g/mol. The van der Waals surface area contributed by atoms with Gasteiger partial charge in [0.05, 0.1) is 5.75 Å². The molecular formula is C11H19ClN4OS. The summed E-state index contributed by atoms with van der Waals surface area (Å²) in [5.41, 5.74) is 0. The number of hydrogen-bond donors (Lipinski definition) is 0. The zero-order valence-corrected chi connectivity index (χ0v) is 12.2. The molecule has 0 spiro atoms. The van der Waals surface area contributed by atoms with Gasteiger partial charge in [0.2, 0.25) is 5.91 Å². The summed E-state index contributed by atoms with van der Waals surface area (Å²) < 4.78 is 1.83. The summed E-state index contributed by atoms with van der Waals surface area (Å²) >= 11 is 1.46. The van der Waals surface area contributed by atoms with E-state index in [-0.39, 0.29) is 18.3 Å². The number of aryl methyl sites for hydroxylation is 1. The van der Waals surface area contributed by atoms with Gasteiger partial charge in [-0.05, 0) is 12.8 Å². The first-order valence-electron chi connectivity index (χ1n) is 6.02. The normalized spacial score (nSPS) is 15.9. The van der Waals surface area contributed by atoms with E-state index in [1.165, 1.54) is 24.6 Å². The maximum atomic E-state index is 12.0. The van der Waals surface area contributed by atoms with Crippen molar-refractivity contribution in [3.8, 4) is 0 Å². The Hall–Kier alpha value is -0.750. The highest BCUT2D eigenvalue weighted by atomic mass is 35.5. The quantitative estimate of drug-likeness (QED) is 0.796. The number of amides is 1. The fraction of sp³-hybridized carbons (Fsp3) is 0.727. The summed E-state index contributed by atoms with van der Waals surface area (Å²) in [6.45, 7) is 1.83. The molecule has 1 fully saturated rings. The van der Waals surface area contributed by atoms with E-state index in [0.29, 0.717) is 5.75 Å². The number of nitrogens with zero attached hydrogens (tertiary/aromatic N) is 4. The Morgan fingerprint density at radius 1 is 1.33 bits per heavy atom. The van der Waals surface area contributed by atoms with Crippen molar-refractivity contribution in [3.05, 3.63) is 6.33 Å². The molecule has 0 atom stereocenters. The van der Waals surface area contributed by atoms with Crippen molar-refractivity contribution in [1.29, 1.82) is 0 Å². The Kier molecular flexibility index (Phi) is 6.49. The summed E-state index contributed by atoms with van der Waals surface area (Å²) in [5.74, 6) is 0.687. The molecule has 1 aromatic rings. The van der Waals surface area contributed by atoms with Crippen LogP contribution in [-0.4, -0.2) is 44.4 Å². The third kappa shape index (κ3) is 4.17. The summed E-state index contributed by atoms with van der Waals surface area (Å²) in [6.07, 6.45) is 6.43. The van der Waals surface area contributed by atoms with Gasteiger partial charge >= 0.3 is 0 Å². The highest BCUT2D eigenvalue weighted by Gasteiger charge is 2.16. The fourth-order valence-corrected chi connectivity index (χ4v) is 2.73. The zero-order valence-electron chi connectivity index (χ0n) is 10.5. The van der Waals surface area contributed by atoms with Gasteiger partial charge in [0, 0.05) is 20.1 Å². The third-order valence-electron chi connectivity index (χ3n) is 2.95. The molecule has 7 heteroatoms. The van der Waals surface area contributed by atoms with Crippen LogP contribution < -0.4 is 0 Å². The van der Waals surface area contributed by atoms with E-state index in [4.69, 9.17) is 0 Å². The predicted octanol–water partition coefficient (Wildman–Crippen LogP) is 1.73. The lowest BCUT2D eigenvalue weighted by molar-refractivity contribution is -0.128. The molecule has 0 radical (unpaired) electrons. The number of rotatable bonds is 3. The number of carbonyl (C=O) groups is 1. The standard InChI is InChI=1S/C11H18N4OS.ClH/c1-14-9-12-13-11(14)17-8-10(16)15-6-4-2-3-5-7-15;/h9H,2-8H2,1H3;1H. The lowest BCUT2D eigenvalue weighted by Gasteiger charge is -2.19. The smallest absolute Gasteiger partial charge is 0.233 e. The Bertz CT molecular complexity index is 377. The lowest BCUT2D eigenvalue weighted by Crippen LogP contribution is -2.33. The molecule has 1 aliphatic rings. The highest BCUT2D eigenvalue weighted by Crippen LogP contribution is 2.16. The van der Waals surface area contributed by atoms with Crippen molar-refractivity contribution >= 4 is 30.1 Å². The zero-order chi connectivity index (χ0) is 12.1. The van der Waals surface area contributed by atoms with Crippen molar-refractivity contribution in [2.45, 2.75) is 30.8 Å². The molecule has 2 heterocycles. The second-order valence-electron chi connectivity index (χ2n) is 4.31. The molecule has 0 saturated carbocycles. The molecular weight excluding hydrogens is 272 g/mol. The van der Waals surface area contributed by atoms with Crippen LogP contribution in [0.25, 0.3) is 0 Å². The molecule has 0 bridgehead atoms. The van der Waals surface area contributed by atoms with Gasteiger partial charge in [0.25, 0.3) is 0 Å². The number of aromatic nitrogens is 3. The van der Waals surface area contributed by atoms with Gasteiger partial charge in [-0.25, -0.2) is 0 Å². The molecule has 102 valence electrons. The molecule has 2 rings (SSSR count). The molecule has 1 saturated heterocycles. The van der Waals surface area contributed by atoms with E-state index >= 15 is 0 Å². The molecule has 1 aromatic heterocycles. The molecule has 18 heavy (non-hydrogen) atoms. The summed E-state index contributed by atoms with van der Waals surface area (Å²) in [4.78, 5) is 14.0. The minimum atomic E-state index is 0. The molecule has 5 nitrogen and oxygen atoms in total. The Morgan fingerprint density at radius 2 is 2.00 bits per heavy atom. The van der Waals surface area contributed by atoms with Gasteiger partial charge in [-0.15, -0.1) is 22.6 Å². The number of hydrogen-bond acceptors (Lipinski definition) is 4. The maximum Gasteiger partial charge on any atom is 0.233 e. The van der Waals surface area contributed by atoms with Crippen LogP contribution in [0.3, 0.4) is 0 Å². The van der Waals surface area contributed by atoms with Crippen LogP contribution in [0.15, 0.2) is 11.5 Å². The van der Waals surface area contributed by atoms with Crippen molar-refractivity contribution in [2.75, 3.05) is 18.8 Å². The second-order valence-corrected chi connectivity index (χ2v) is 5.25. The first-order valence-corrected chi connectivity index (χ1v) is 7.00. The molecule has 0 aromatic carbocycles. The predicted molar refractivity (Wildman–Crippen MR) is 74.0 cm³/mol. The fourth-order valence-electron chi connectivity index (χ4n) is 1.94. The van der Waals surface area contributed by atoms with E-state index in [1.807, 2.05) is 16.5 Å². The van der Waals surface area contributed by atoms with Crippen LogP contribution in [0.1, 0.15) is 25.7 Å². The van der Waals surface area contributed by atoms with Gasteiger partial charge in [0.1, 0.15) is 6.33 Å². The minimum absolute atomic E-state index is 0. The first kappa shape index (κ1) is 15.3. The van der Waals surface area contributed by atoms with Gasteiger partial charge in [-0.1, -0.05) is 24.6 Å². The van der Waals surface area contributed by atoms with Crippen LogP contribution in [0.2, 0.25) is 0 Å². The van der Waals surface area contributed by atoms with Crippen molar-refractivity contribution in [1.82, 2.24) is 19.7 Å². The Morgan fingerprint density at radius 3 is 2.56 bits per heavy atom. The van der Waals surface area contributed by atoms with E-state index in [2.05, 4.69) is 10.2 Å². The molecule has 0 N–H and O–H groups in total. The van der Waals surface area contributed by atoms with E-state index in [0.717, 1.165) is 31.1 Å². The summed E-state index contributed by atoms with van der Waals surface area (Å²) in [7, 11) is 1.89. The number of halogens is 1. The topological polar surface area (TPSA) is 51.0 Å². The van der Waals surface area contributed by atoms with E-state index < -0.39 is 0 Å². The SMILES string of the molecule is Cl.Cn1cnnc1SCC(=O)N1CCCCCC1. The van der Waals surface area contributed by atoms with Crippen LogP contribution in [0, 0.1) is 0 Å². The van der Waals surface area contributed by atoms with Crippen LogP contribution in [0.4, 0.5) is 0 Å². The highest BCUT2D eigenvalue weighted by molar-refractivity contribution is 7.99. The Balaban J connectivity index is 0.00000162. The Labute approximate surface area is 118 Å². The summed E-state index contributed by atoms with van der Waals surface area (Å²) in [5, 5.41) is 8.55. The van der Waals surface area contributed by atoms with Crippen LogP contribution in [0.5, 0.6) is 0 Å². The lowest BCUT2D eigenvalue weighted by atomic mass is 10.2. The molecule has 0 aliphatic carbocycles. The van der Waals surface area contributed by atoms with Gasteiger partial charge in [-0.3, -0.25) is 4.79 Å². The maximum absolute atomic E-state index is 12.0. The average Bonchev–Trinajstić information content (AvgIpc) is 2.58. The summed E-state index contributed by atoms with van der Waals surface area (Å²) in [6, 6.07) is 0. The van der Waals surface area contributed by atoms with Crippen LogP contribution in [-0.2, 0) is 11.8 Å². The number of likely N-dealkylation sites (tertiary alicyclic amines) is 1. The van der Waals surface area contributed by atoms with Crippen LogP contribution >= 0.6 is 24.2 Å². The van der Waals surface area contributed by atoms with Gasteiger partial charge in [-0.2, -0.15) is 0 Å². The average molecular weight is 291 g/mol. The van der Waals surface area contributed by atoms with Crippen molar-refractivity contribution < 1.29 is 4.79 Å². The van der Waals surface area contributed by atoms with E-state index in [9.17, 15) is 4.79 Å². The molecule has 1 amide bonds. The second kappa shape index (κ2) is 7.63. The number of carbonyl (C=O) groups excluding carboxylic acids is 1. The van der Waals surface area contributed by atoms with Gasteiger partial charge in [0.15, 0.2) is 5.16 Å². The first-order chi connectivity index (χ1) is 8.27. The van der Waals surface area contributed by atoms with Gasteiger partial charge < -0.3 is 9.47 Å². The molecule has 0 unspecified atom stereocenters. The van der Waals surface area contributed by atoms with Crippen molar-refractivity contribution in [3.63, 3.8) is 0 Å². The largest absolute Gasteiger partial charge is 0.342 e. The molecule has 1 aliphatic heterocycles. The number of thioether (sulfide) groups is 1.